The van der Waals surface area contributed by atoms with Crippen molar-refractivity contribution < 1.29 is 4.79 Å². The number of likely N-dealkylation sites (tertiary alicyclic amines) is 1. The maximum atomic E-state index is 12.2. The minimum Gasteiger partial charge on any atom is -0.351 e. The molecule has 1 aromatic rings. The molecule has 0 radical (unpaired) electrons. The van der Waals surface area contributed by atoms with Crippen molar-refractivity contribution in [1.29, 1.82) is 0 Å². The molecular formula is C20H35Cl2N3O. The van der Waals surface area contributed by atoms with Crippen LogP contribution in [0.1, 0.15) is 57.1 Å². The fraction of sp³-hybridized carbons (Fsp3) is 0.650. The number of hydrogen-bond donors (Lipinski definition) is 2. The molecule has 1 amide bonds. The van der Waals surface area contributed by atoms with E-state index in [1.807, 2.05) is 6.07 Å². The molecule has 2 rings (SSSR count). The minimum absolute atomic E-state index is 0. The number of halogens is 2. The monoisotopic (exact) mass is 403 g/mol. The second-order valence-corrected chi connectivity index (χ2v) is 7.41. The fourth-order valence-corrected chi connectivity index (χ4v) is 3.35. The van der Waals surface area contributed by atoms with Gasteiger partial charge in [0, 0.05) is 13.1 Å². The summed E-state index contributed by atoms with van der Waals surface area (Å²) >= 11 is 0. The SMILES string of the molecule is CC(C)C[C@H](N)C(=O)NCc1ccccc1CN1CCCCCC1.Cl.Cl. The number of nitrogens with one attached hydrogen (secondary N) is 1. The third kappa shape index (κ3) is 8.72. The lowest BCUT2D eigenvalue weighted by Crippen LogP contribution is -2.41. The van der Waals surface area contributed by atoms with Gasteiger partial charge in [-0.2, -0.15) is 0 Å². The molecule has 1 aromatic carbocycles. The number of carbonyl (C=O) groups is 1. The van der Waals surface area contributed by atoms with Gasteiger partial charge in [0.05, 0.1) is 6.04 Å². The van der Waals surface area contributed by atoms with Crippen molar-refractivity contribution in [3.63, 3.8) is 0 Å². The molecular weight excluding hydrogens is 369 g/mol. The second kappa shape index (κ2) is 13.4. The van der Waals surface area contributed by atoms with E-state index < -0.39 is 6.04 Å². The van der Waals surface area contributed by atoms with Crippen molar-refractivity contribution >= 4 is 30.7 Å². The first-order valence-electron chi connectivity index (χ1n) is 9.38. The van der Waals surface area contributed by atoms with Gasteiger partial charge in [0.25, 0.3) is 0 Å². The van der Waals surface area contributed by atoms with Crippen LogP contribution in [0.2, 0.25) is 0 Å². The topological polar surface area (TPSA) is 58.4 Å². The van der Waals surface area contributed by atoms with Gasteiger partial charge in [-0.25, -0.2) is 0 Å². The molecule has 0 aromatic heterocycles. The quantitative estimate of drug-likeness (QED) is 0.725. The van der Waals surface area contributed by atoms with Gasteiger partial charge in [-0.3, -0.25) is 9.69 Å². The Hall–Kier alpha value is -0.810. The zero-order chi connectivity index (χ0) is 17.4. The molecule has 150 valence electrons. The van der Waals surface area contributed by atoms with Crippen molar-refractivity contribution in [2.45, 2.75) is 65.1 Å². The summed E-state index contributed by atoms with van der Waals surface area (Å²) in [7, 11) is 0. The zero-order valence-electron chi connectivity index (χ0n) is 16.1. The molecule has 1 saturated heterocycles. The molecule has 1 heterocycles. The van der Waals surface area contributed by atoms with Crippen LogP contribution in [-0.2, 0) is 17.9 Å². The van der Waals surface area contributed by atoms with Crippen LogP contribution in [0.3, 0.4) is 0 Å². The summed E-state index contributed by atoms with van der Waals surface area (Å²) in [6.45, 7) is 8.08. The maximum absolute atomic E-state index is 12.2. The Morgan fingerprint density at radius 2 is 1.65 bits per heavy atom. The first-order valence-corrected chi connectivity index (χ1v) is 9.38. The Balaban J connectivity index is 0.00000312. The fourth-order valence-electron chi connectivity index (χ4n) is 3.35. The first kappa shape index (κ1) is 25.2. The Bertz CT molecular complexity index is 518. The van der Waals surface area contributed by atoms with E-state index in [0.29, 0.717) is 12.5 Å². The maximum Gasteiger partial charge on any atom is 0.237 e. The second-order valence-electron chi connectivity index (χ2n) is 7.41. The smallest absolute Gasteiger partial charge is 0.237 e. The van der Waals surface area contributed by atoms with E-state index in [-0.39, 0.29) is 30.7 Å². The highest BCUT2D eigenvalue weighted by molar-refractivity contribution is 5.85. The summed E-state index contributed by atoms with van der Waals surface area (Å²) in [6, 6.07) is 8.01. The van der Waals surface area contributed by atoms with Crippen molar-refractivity contribution in [2.24, 2.45) is 11.7 Å². The van der Waals surface area contributed by atoms with Gasteiger partial charge in [0.1, 0.15) is 0 Å². The molecule has 1 fully saturated rings. The van der Waals surface area contributed by atoms with Crippen molar-refractivity contribution in [1.82, 2.24) is 10.2 Å². The highest BCUT2D eigenvalue weighted by atomic mass is 35.5. The van der Waals surface area contributed by atoms with E-state index in [2.05, 4.69) is 42.3 Å². The van der Waals surface area contributed by atoms with Crippen LogP contribution in [0.5, 0.6) is 0 Å². The van der Waals surface area contributed by atoms with Gasteiger partial charge in [-0.05, 0) is 49.4 Å². The summed E-state index contributed by atoms with van der Waals surface area (Å²) in [4.78, 5) is 14.7. The molecule has 4 nitrogen and oxygen atoms in total. The molecule has 0 unspecified atom stereocenters. The number of nitrogens with zero attached hydrogens (tertiary/aromatic N) is 1. The highest BCUT2D eigenvalue weighted by Gasteiger charge is 2.16. The molecule has 0 saturated carbocycles. The van der Waals surface area contributed by atoms with Crippen LogP contribution >= 0.6 is 24.8 Å². The van der Waals surface area contributed by atoms with Crippen LogP contribution in [0.15, 0.2) is 24.3 Å². The minimum atomic E-state index is -0.414. The summed E-state index contributed by atoms with van der Waals surface area (Å²) in [5.74, 6) is 0.384. The Labute approximate surface area is 171 Å². The van der Waals surface area contributed by atoms with Crippen LogP contribution in [0.4, 0.5) is 0 Å². The first-order chi connectivity index (χ1) is 11.6. The molecule has 6 heteroatoms. The van der Waals surface area contributed by atoms with Gasteiger partial charge < -0.3 is 11.1 Å². The Kier molecular flexibility index (Phi) is 13.0. The normalized spacial score (nSPS) is 16.2. The van der Waals surface area contributed by atoms with Crippen molar-refractivity contribution in [3.05, 3.63) is 35.4 Å². The van der Waals surface area contributed by atoms with E-state index in [0.717, 1.165) is 13.0 Å². The van der Waals surface area contributed by atoms with Crippen LogP contribution in [0, 0.1) is 5.92 Å². The largest absolute Gasteiger partial charge is 0.351 e. The summed E-state index contributed by atoms with van der Waals surface area (Å²) in [5.41, 5.74) is 8.48. The van der Waals surface area contributed by atoms with Crippen molar-refractivity contribution in [3.8, 4) is 0 Å². The van der Waals surface area contributed by atoms with Gasteiger partial charge in [0.15, 0.2) is 0 Å². The lowest BCUT2D eigenvalue weighted by Gasteiger charge is -2.22. The standard InChI is InChI=1S/C20H33N3O.2ClH/c1-16(2)13-19(21)20(24)22-14-17-9-5-6-10-18(17)15-23-11-7-3-4-8-12-23;;/h5-6,9-10,16,19H,3-4,7-8,11-15,21H2,1-2H3,(H,22,24);2*1H/t19-;;/m0../s1. The number of benzene rings is 1. The number of amides is 1. The van der Waals surface area contributed by atoms with Crippen LogP contribution in [0.25, 0.3) is 0 Å². The lowest BCUT2D eigenvalue weighted by atomic mass is 10.0. The predicted octanol–water partition coefficient (Wildman–Crippen LogP) is 3.90. The molecule has 0 aliphatic carbocycles. The van der Waals surface area contributed by atoms with Gasteiger partial charge in [0.2, 0.25) is 5.91 Å². The van der Waals surface area contributed by atoms with Gasteiger partial charge in [-0.1, -0.05) is 51.0 Å². The summed E-state index contributed by atoms with van der Waals surface area (Å²) in [6.07, 6.45) is 6.01. The molecule has 26 heavy (non-hydrogen) atoms. The summed E-state index contributed by atoms with van der Waals surface area (Å²) < 4.78 is 0. The average Bonchev–Trinajstić information content (AvgIpc) is 2.81. The van der Waals surface area contributed by atoms with Gasteiger partial charge in [-0.15, -0.1) is 24.8 Å². The number of hydrogen-bond acceptors (Lipinski definition) is 3. The third-order valence-corrected chi connectivity index (χ3v) is 4.73. The highest BCUT2D eigenvalue weighted by Crippen LogP contribution is 2.16. The van der Waals surface area contributed by atoms with Crippen LogP contribution in [-0.4, -0.2) is 29.9 Å². The zero-order valence-corrected chi connectivity index (χ0v) is 17.7. The Morgan fingerprint density at radius 1 is 1.08 bits per heavy atom. The molecule has 1 aliphatic rings. The van der Waals surface area contributed by atoms with Gasteiger partial charge >= 0.3 is 0 Å². The number of rotatable bonds is 7. The molecule has 3 N–H and O–H groups in total. The summed E-state index contributed by atoms with van der Waals surface area (Å²) in [5, 5.41) is 3.01. The molecule has 1 atom stereocenters. The van der Waals surface area contributed by atoms with Crippen LogP contribution < -0.4 is 11.1 Å². The number of nitrogens with two attached hydrogens (primary N) is 1. The van der Waals surface area contributed by atoms with E-state index in [9.17, 15) is 4.79 Å². The van der Waals surface area contributed by atoms with E-state index in [4.69, 9.17) is 5.73 Å². The molecule has 0 spiro atoms. The Morgan fingerprint density at radius 3 is 2.23 bits per heavy atom. The molecule has 0 bridgehead atoms. The van der Waals surface area contributed by atoms with E-state index in [1.165, 1.54) is 49.9 Å². The third-order valence-electron chi connectivity index (χ3n) is 4.73. The molecule has 1 aliphatic heterocycles. The number of carbonyl (C=O) groups excluding carboxylic acids is 1. The predicted molar refractivity (Wildman–Crippen MR) is 114 cm³/mol. The van der Waals surface area contributed by atoms with E-state index >= 15 is 0 Å². The van der Waals surface area contributed by atoms with Crippen molar-refractivity contribution in [2.75, 3.05) is 13.1 Å². The average molecular weight is 404 g/mol. The lowest BCUT2D eigenvalue weighted by molar-refractivity contribution is -0.122. The van der Waals surface area contributed by atoms with E-state index in [1.54, 1.807) is 0 Å².